The van der Waals surface area contributed by atoms with Crippen LogP contribution in [-0.2, 0) is 6.42 Å². The molecule has 0 amide bonds. The predicted molar refractivity (Wildman–Crippen MR) is 73.9 cm³/mol. The van der Waals surface area contributed by atoms with Gasteiger partial charge in [0.1, 0.15) is 0 Å². The Bertz CT molecular complexity index is 488. The van der Waals surface area contributed by atoms with Gasteiger partial charge < -0.3 is 0 Å². The Morgan fingerprint density at radius 1 is 1.11 bits per heavy atom. The Labute approximate surface area is 108 Å². The van der Waals surface area contributed by atoms with E-state index >= 15 is 0 Å². The number of pyridine rings is 1. The fourth-order valence-electron chi connectivity index (χ4n) is 2.19. The van der Waals surface area contributed by atoms with E-state index in [4.69, 9.17) is 5.84 Å². The van der Waals surface area contributed by atoms with Crippen molar-refractivity contribution < 1.29 is 0 Å². The fourth-order valence-corrected chi connectivity index (χ4v) is 2.19. The standard InChI is InChI=1S/C15H19N3/c1-11-8-14(9-12(2)17-11)15(18-16)10-13-6-4-3-5-7-13/h3-9,15,18H,10,16H2,1-2H3. The topological polar surface area (TPSA) is 50.9 Å². The second-order valence-corrected chi connectivity index (χ2v) is 4.59. The van der Waals surface area contributed by atoms with Gasteiger partial charge in [0.2, 0.25) is 0 Å². The van der Waals surface area contributed by atoms with Gasteiger partial charge in [0.25, 0.3) is 0 Å². The van der Waals surface area contributed by atoms with Crippen LogP contribution < -0.4 is 11.3 Å². The molecule has 1 aromatic heterocycles. The summed E-state index contributed by atoms with van der Waals surface area (Å²) in [6.45, 7) is 4.01. The van der Waals surface area contributed by atoms with E-state index in [-0.39, 0.29) is 6.04 Å². The monoisotopic (exact) mass is 241 g/mol. The summed E-state index contributed by atoms with van der Waals surface area (Å²) < 4.78 is 0. The first-order valence-electron chi connectivity index (χ1n) is 6.14. The van der Waals surface area contributed by atoms with Crippen molar-refractivity contribution in [2.75, 3.05) is 0 Å². The molecule has 2 aromatic rings. The van der Waals surface area contributed by atoms with E-state index < -0.39 is 0 Å². The molecule has 2 rings (SSSR count). The van der Waals surface area contributed by atoms with E-state index in [9.17, 15) is 0 Å². The number of benzene rings is 1. The fraction of sp³-hybridized carbons (Fsp3) is 0.267. The van der Waals surface area contributed by atoms with Gasteiger partial charge in [0.15, 0.2) is 0 Å². The highest BCUT2D eigenvalue weighted by Gasteiger charge is 2.11. The van der Waals surface area contributed by atoms with Crippen LogP contribution in [0, 0.1) is 13.8 Å². The highest BCUT2D eigenvalue weighted by molar-refractivity contribution is 5.26. The summed E-state index contributed by atoms with van der Waals surface area (Å²) in [7, 11) is 0. The van der Waals surface area contributed by atoms with Crippen molar-refractivity contribution in [3.05, 3.63) is 65.0 Å². The van der Waals surface area contributed by atoms with Gasteiger partial charge in [-0.3, -0.25) is 16.3 Å². The summed E-state index contributed by atoms with van der Waals surface area (Å²) >= 11 is 0. The van der Waals surface area contributed by atoms with E-state index in [1.807, 2.05) is 32.0 Å². The van der Waals surface area contributed by atoms with Crippen LogP contribution in [0.25, 0.3) is 0 Å². The van der Waals surface area contributed by atoms with Crippen molar-refractivity contribution >= 4 is 0 Å². The number of nitrogens with one attached hydrogen (secondary N) is 1. The van der Waals surface area contributed by atoms with E-state index in [1.54, 1.807) is 0 Å². The molecular formula is C15H19N3. The summed E-state index contributed by atoms with van der Waals surface area (Å²) in [6.07, 6.45) is 0.875. The first-order chi connectivity index (χ1) is 8.69. The van der Waals surface area contributed by atoms with Crippen molar-refractivity contribution in [3.8, 4) is 0 Å². The predicted octanol–water partition coefficient (Wildman–Crippen LogP) is 2.45. The molecule has 3 heteroatoms. The molecule has 1 heterocycles. The molecule has 0 bridgehead atoms. The number of aromatic nitrogens is 1. The zero-order chi connectivity index (χ0) is 13.0. The number of aryl methyl sites for hydroxylation is 2. The van der Waals surface area contributed by atoms with Gasteiger partial charge in [-0.1, -0.05) is 30.3 Å². The number of nitrogens with two attached hydrogens (primary N) is 1. The molecule has 1 aromatic carbocycles. The third kappa shape index (κ3) is 3.15. The van der Waals surface area contributed by atoms with Gasteiger partial charge in [0.05, 0.1) is 6.04 Å². The van der Waals surface area contributed by atoms with Crippen LogP contribution in [0.5, 0.6) is 0 Å². The molecule has 0 radical (unpaired) electrons. The molecule has 0 saturated heterocycles. The van der Waals surface area contributed by atoms with Gasteiger partial charge in [-0.15, -0.1) is 0 Å². The quantitative estimate of drug-likeness (QED) is 0.638. The van der Waals surface area contributed by atoms with Crippen molar-refractivity contribution in [2.24, 2.45) is 5.84 Å². The minimum absolute atomic E-state index is 0.118. The average Bonchev–Trinajstić information content (AvgIpc) is 2.36. The second-order valence-electron chi connectivity index (χ2n) is 4.59. The first-order valence-corrected chi connectivity index (χ1v) is 6.14. The SMILES string of the molecule is Cc1cc(C(Cc2ccccc2)NN)cc(C)n1. The molecular weight excluding hydrogens is 222 g/mol. The molecule has 0 fully saturated rings. The summed E-state index contributed by atoms with van der Waals surface area (Å²) in [4.78, 5) is 4.39. The maximum atomic E-state index is 5.68. The minimum atomic E-state index is 0.118. The summed E-state index contributed by atoms with van der Waals surface area (Å²) in [5.74, 6) is 5.68. The zero-order valence-electron chi connectivity index (χ0n) is 10.9. The Morgan fingerprint density at radius 3 is 2.28 bits per heavy atom. The number of rotatable bonds is 4. The van der Waals surface area contributed by atoms with E-state index in [0.29, 0.717) is 0 Å². The van der Waals surface area contributed by atoms with Crippen molar-refractivity contribution in [3.63, 3.8) is 0 Å². The van der Waals surface area contributed by atoms with Gasteiger partial charge in [-0.25, -0.2) is 0 Å². The van der Waals surface area contributed by atoms with E-state index in [2.05, 4.69) is 34.7 Å². The molecule has 0 aliphatic carbocycles. The summed E-state index contributed by atoms with van der Waals surface area (Å²) in [5.41, 5.74) is 7.40. The lowest BCUT2D eigenvalue weighted by atomic mass is 9.99. The van der Waals surface area contributed by atoms with Crippen molar-refractivity contribution in [2.45, 2.75) is 26.3 Å². The number of nitrogens with zero attached hydrogens (tertiary/aromatic N) is 1. The maximum absolute atomic E-state index is 5.68. The highest BCUT2D eigenvalue weighted by Crippen LogP contribution is 2.19. The van der Waals surface area contributed by atoms with Crippen LogP contribution in [0.3, 0.4) is 0 Å². The van der Waals surface area contributed by atoms with Gasteiger partial charge in [0, 0.05) is 11.4 Å². The maximum Gasteiger partial charge on any atom is 0.0501 e. The Kier molecular flexibility index (Phi) is 4.07. The zero-order valence-corrected chi connectivity index (χ0v) is 10.9. The van der Waals surface area contributed by atoms with Crippen LogP contribution in [0.1, 0.15) is 28.6 Å². The average molecular weight is 241 g/mol. The van der Waals surface area contributed by atoms with Crippen molar-refractivity contribution in [1.29, 1.82) is 0 Å². The number of hydrazine groups is 1. The second kappa shape index (κ2) is 5.76. The largest absolute Gasteiger partial charge is 0.271 e. The highest BCUT2D eigenvalue weighted by atomic mass is 15.2. The first kappa shape index (κ1) is 12.7. The van der Waals surface area contributed by atoms with Gasteiger partial charge in [-0.05, 0) is 43.5 Å². The van der Waals surface area contributed by atoms with Crippen LogP contribution in [-0.4, -0.2) is 4.98 Å². The lowest BCUT2D eigenvalue weighted by Crippen LogP contribution is -2.29. The Hall–Kier alpha value is -1.71. The molecule has 1 unspecified atom stereocenters. The lowest BCUT2D eigenvalue weighted by Gasteiger charge is -2.17. The molecule has 3 nitrogen and oxygen atoms in total. The summed E-state index contributed by atoms with van der Waals surface area (Å²) in [5, 5.41) is 0. The molecule has 18 heavy (non-hydrogen) atoms. The smallest absolute Gasteiger partial charge is 0.0501 e. The van der Waals surface area contributed by atoms with Crippen LogP contribution in [0.4, 0.5) is 0 Å². The van der Waals surface area contributed by atoms with Crippen LogP contribution >= 0.6 is 0 Å². The van der Waals surface area contributed by atoms with Crippen LogP contribution in [0.2, 0.25) is 0 Å². The van der Waals surface area contributed by atoms with Gasteiger partial charge >= 0.3 is 0 Å². The normalized spacial score (nSPS) is 12.4. The lowest BCUT2D eigenvalue weighted by molar-refractivity contribution is 0.550. The Morgan fingerprint density at radius 2 is 1.72 bits per heavy atom. The molecule has 94 valence electrons. The minimum Gasteiger partial charge on any atom is -0.271 e. The van der Waals surface area contributed by atoms with Gasteiger partial charge in [-0.2, -0.15) is 0 Å². The molecule has 1 atom stereocenters. The Balaban J connectivity index is 2.23. The molecule has 3 N–H and O–H groups in total. The van der Waals surface area contributed by atoms with Crippen LogP contribution in [0.15, 0.2) is 42.5 Å². The number of hydrogen-bond acceptors (Lipinski definition) is 3. The molecule has 0 aliphatic heterocycles. The van der Waals surface area contributed by atoms with E-state index in [1.165, 1.54) is 11.1 Å². The molecule has 0 aliphatic rings. The van der Waals surface area contributed by atoms with E-state index in [0.717, 1.165) is 17.8 Å². The molecule has 0 saturated carbocycles. The number of hydrogen-bond donors (Lipinski definition) is 2. The molecule has 0 spiro atoms. The third-order valence-corrected chi connectivity index (χ3v) is 2.99. The summed E-state index contributed by atoms with van der Waals surface area (Å²) in [6, 6.07) is 14.6. The third-order valence-electron chi connectivity index (χ3n) is 2.99. The van der Waals surface area contributed by atoms with Crippen molar-refractivity contribution in [1.82, 2.24) is 10.4 Å².